The number of nitrogens with one attached hydrogen (secondary N) is 2. The lowest BCUT2D eigenvalue weighted by atomic mass is 9.77. The van der Waals surface area contributed by atoms with E-state index in [9.17, 15) is 19.2 Å². The molecule has 1 spiro atoms. The van der Waals surface area contributed by atoms with E-state index < -0.39 is 29.2 Å². The summed E-state index contributed by atoms with van der Waals surface area (Å²) >= 11 is 0. The van der Waals surface area contributed by atoms with Gasteiger partial charge < -0.3 is 20.3 Å². The van der Waals surface area contributed by atoms with Crippen LogP contribution in [0.4, 0.5) is 9.59 Å². The predicted octanol–water partition coefficient (Wildman–Crippen LogP) is 2.83. The molecule has 1 saturated carbocycles. The van der Waals surface area contributed by atoms with E-state index in [0.717, 1.165) is 23.3 Å². The lowest BCUT2D eigenvalue weighted by Crippen LogP contribution is -2.50. The number of rotatable bonds is 8. The van der Waals surface area contributed by atoms with Gasteiger partial charge in [0.2, 0.25) is 5.91 Å². The van der Waals surface area contributed by atoms with Crippen molar-refractivity contribution in [1.82, 2.24) is 25.4 Å². The summed E-state index contributed by atoms with van der Waals surface area (Å²) < 4.78 is 5.51. The second-order valence-electron chi connectivity index (χ2n) is 10.6. The maximum atomic E-state index is 12.9. The fourth-order valence-corrected chi connectivity index (χ4v) is 4.38. The van der Waals surface area contributed by atoms with Crippen LogP contribution >= 0.6 is 0 Å². The summed E-state index contributed by atoms with van der Waals surface area (Å²) in [6.07, 6.45) is 6.35. The van der Waals surface area contributed by atoms with Crippen LogP contribution in [0.3, 0.4) is 0 Å². The second kappa shape index (κ2) is 11.0. The quantitative estimate of drug-likeness (QED) is 0.430. The molecule has 0 bridgehead atoms. The predicted molar refractivity (Wildman–Crippen MR) is 129 cm³/mol. The number of pyridine rings is 1. The number of ether oxygens (including phenoxy) is 1. The van der Waals surface area contributed by atoms with Crippen LogP contribution in [0.5, 0.6) is 0 Å². The van der Waals surface area contributed by atoms with E-state index in [1.807, 2.05) is 6.07 Å². The van der Waals surface area contributed by atoms with Gasteiger partial charge >= 0.3 is 12.1 Å². The van der Waals surface area contributed by atoms with E-state index in [0.29, 0.717) is 38.3 Å². The molecule has 0 unspecified atom stereocenters. The Morgan fingerprint density at radius 3 is 2.63 bits per heavy atom. The first-order valence-corrected chi connectivity index (χ1v) is 12.3. The zero-order valence-corrected chi connectivity index (χ0v) is 21.1. The van der Waals surface area contributed by atoms with Crippen LogP contribution in [0, 0.1) is 5.92 Å². The first-order chi connectivity index (χ1) is 16.5. The minimum absolute atomic E-state index is 0.289. The summed E-state index contributed by atoms with van der Waals surface area (Å²) in [7, 11) is 0. The molecule has 35 heavy (non-hydrogen) atoms. The zero-order chi connectivity index (χ0) is 25.6. The van der Waals surface area contributed by atoms with Crippen LogP contribution in [-0.2, 0) is 20.9 Å². The van der Waals surface area contributed by atoms with Gasteiger partial charge in [-0.05, 0) is 70.4 Å². The number of hydrogen-bond donors (Lipinski definition) is 2. The highest BCUT2D eigenvalue weighted by Crippen LogP contribution is 2.36. The molecule has 1 aromatic heterocycles. The Bertz CT molecular complexity index is 922. The fourth-order valence-electron chi connectivity index (χ4n) is 4.38. The van der Waals surface area contributed by atoms with Gasteiger partial charge in [0.25, 0.3) is 5.91 Å². The molecule has 0 radical (unpaired) electrons. The molecule has 1 aliphatic carbocycles. The smallest absolute Gasteiger partial charge is 0.410 e. The molecule has 1 aliphatic heterocycles. The van der Waals surface area contributed by atoms with Crippen LogP contribution in [0.15, 0.2) is 24.5 Å². The SMILES string of the molecule is CC1CCC2(CC1)NC(=O)N(CC(=O)NCCCN(Cc1cccnc1)C(=O)OC(C)(C)C)C2=O. The van der Waals surface area contributed by atoms with Crippen molar-refractivity contribution >= 4 is 23.9 Å². The summed E-state index contributed by atoms with van der Waals surface area (Å²) in [6.45, 7) is 8.23. The largest absolute Gasteiger partial charge is 0.444 e. The standard InChI is InChI=1S/C25H37N5O5/c1-18-8-10-25(11-9-18)21(32)30(22(33)28-25)17-20(31)27-13-6-14-29(23(34)35-24(2,3)4)16-19-7-5-12-26-15-19/h5,7,12,15,18H,6,8-11,13-14,16-17H2,1-4H3,(H,27,31)(H,28,33). The molecule has 192 valence electrons. The van der Waals surface area contributed by atoms with E-state index in [-0.39, 0.29) is 19.0 Å². The molecule has 1 saturated heterocycles. The molecule has 10 heteroatoms. The molecule has 2 N–H and O–H groups in total. The third-order valence-corrected chi connectivity index (χ3v) is 6.35. The molecule has 10 nitrogen and oxygen atoms in total. The van der Waals surface area contributed by atoms with Gasteiger partial charge in [0.1, 0.15) is 17.7 Å². The molecule has 0 aromatic carbocycles. The minimum Gasteiger partial charge on any atom is -0.444 e. The van der Waals surface area contributed by atoms with Crippen molar-refractivity contribution in [2.45, 2.75) is 77.5 Å². The van der Waals surface area contributed by atoms with Crippen molar-refractivity contribution in [3.8, 4) is 0 Å². The molecule has 2 fully saturated rings. The molecule has 0 atom stereocenters. The van der Waals surface area contributed by atoms with Crippen LogP contribution in [0.2, 0.25) is 0 Å². The average molecular weight is 488 g/mol. The highest BCUT2D eigenvalue weighted by Gasteiger charge is 2.52. The van der Waals surface area contributed by atoms with Gasteiger partial charge in [0.15, 0.2) is 0 Å². The maximum Gasteiger partial charge on any atom is 0.410 e. The maximum absolute atomic E-state index is 12.9. The Labute approximate surface area is 206 Å². The van der Waals surface area contributed by atoms with Crippen LogP contribution in [0.25, 0.3) is 0 Å². The van der Waals surface area contributed by atoms with Crippen molar-refractivity contribution in [3.63, 3.8) is 0 Å². The molecule has 2 heterocycles. The van der Waals surface area contributed by atoms with Crippen molar-refractivity contribution in [3.05, 3.63) is 30.1 Å². The van der Waals surface area contributed by atoms with Crippen LogP contribution < -0.4 is 10.6 Å². The number of urea groups is 1. The summed E-state index contributed by atoms with van der Waals surface area (Å²) in [6, 6.07) is 3.17. The van der Waals surface area contributed by atoms with Gasteiger partial charge in [-0.3, -0.25) is 19.5 Å². The van der Waals surface area contributed by atoms with Gasteiger partial charge in [-0.25, -0.2) is 9.59 Å². The molecular weight excluding hydrogens is 450 g/mol. The van der Waals surface area contributed by atoms with Gasteiger partial charge in [-0.1, -0.05) is 13.0 Å². The Morgan fingerprint density at radius 1 is 1.29 bits per heavy atom. The lowest BCUT2D eigenvalue weighted by molar-refractivity contribution is -0.136. The molecular formula is C25H37N5O5. The van der Waals surface area contributed by atoms with E-state index in [1.165, 1.54) is 0 Å². The first kappa shape index (κ1) is 26.4. The van der Waals surface area contributed by atoms with Crippen molar-refractivity contribution in [2.24, 2.45) is 5.92 Å². The minimum atomic E-state index is -0.857. The number of imide groups is 1. The fraction of sp³-hybridized carbons (Fsp3) is 0.640. The third kappa shape index (κ3) is 7.16. The lowest BCUT2D eigenvalue weighted by Gasteiger charge is -2.33. The summed E-state index contributed by atoms with van der Waals surface area (Å²) in [5, 5.41) is 5.58. The first-order valence-electron chi connectivity index (χ1n) is 12.3. The summed E-state index contributed by atoms with van der Waals surface area (Å²) in [5.74, 6) is -0.191. The highest BCUT2D eigenvalue weighted by atomic mass is 16.6. The van der Waals surface area contributed by atoms with Gasteiger partial charge in [-0.2, -0.15) is 0 Å². The topological polar surface area (TPSA) is 121 Å². The number of carbonyl (C=O) groups excluding carboxylic acids is 4. The van der Waals surface area contributed by atoms with Crippen LogP contribution in [0.1, 0.15) is 65.4 Å². The Balaban J connectivity index is 1.48. The number of aromatic nitrogens is 1. The normalized spacial score (nSPS) is 22.2. The highest BCUT2D eigenvalue weighted by molar-refractivity contribution is 6.09. The van der Waals surface area contributed by atoms with E-state index in [2.05, 4.69) is 22.5 Å². The third-order valence-electron chi connectivity index (χ3n) is 6.35. The van der Waals surface area contributed by atoms with E-state index in [4.69, 9.17) is 4.74 Å². The summed E-state index contributed by atoms with van der Waals surface area (Å²) in [5.41, 5.74) is -0.619. The van der Waals surface area contributed by atoms with Gasteiger partial charge in [0, 0.05) is 25.5 Å². The number of amides is 5. The van der Waals surface area contributed by atoms with Crippen molar-refractivity contribution in [1.29, 1.82) is 0 Å². The Hall–Kier alpha value is -3.17. The Morgan fingerprint density at radius 2 is 2.00 bits per heavy atom. The second-order valence-corrected chi connectivity index (χ2v) is 10.6. The molecule has 2 aliphatic rings. The van der Waals surface area contributed by atoms with Gasteiger partial charge in [-0.15, -0.1) is 0 Å². The molecule has 1 aromatic rings. The van der Waals surface area contributed by atoms with Crippen molar-refractivity contribution < 1.29 is 23.9 Å². The van der Waals surface area contributed by atoms with E-state index >= 15 is 0 Å². The summed E-state index contributed by atoms with van der Waals surface area (Å²) in [4.78, 5) is 57.1. The average Bonchev–Trinajstić information content (AvgIpc) is 3.01. The van der Waals surface area contributed by atoms with Crippen LogP contribution in [-0.4, -0.2) is 69.5 Å². The Kier molecular flexibility index (Phi) is 8.34. The van der Waals surface area contributed by atoms with Crippen molar-refractivity contribution in [2.75, 3.05) is 19.6 Å². The van der Waals surface area contributed by atoms with E-state index in [1.54, 1.807) is 44.1 Å². The number of carbonyl (C=O) groups is 4. The monoisotopic (exact) mass is 487 g/mol. The molecule has 5 amide bonds. The number of hydrogen-bond acceptors (Lipinski definition) is 6. The molecule has 3 rings (SSSR count). The van der Waals surface area contributed by atoms with Gasteiger partial charge in [0.05, 0.1) is 6.54 Å². The zero-order valence-electron chi connectivity index (χ0n) is 21.1. The number of nitrogens with zero attached hydrogens (tertiary/aromatic N) is 3.